The van der Waals surface area contributed by atoms with E-state index in [9.17, 15) is 9.18 Å². The van der Waals surface area contributed by atoms with Crippen molar-refractivity contribution < 1.29 is 154 Å². The molecule has 6 aromatic rings. The number of alkyl halides is 2. The van der Waals surface area contributed by atoms with Crippen LogP contribution in [0.2, 0.25) is 0 Å². The van der Waals surface area contributed by atoms with Crippen LogP contribution >= 0.6 is 11.6 Å². The van der Waals surface area contributed by atoms with E-state index >= 15 is 0 Å². The van der Waals surface area contributed by atoms with Crippen molar-refractivity contribution in [2.75, 3.05) is 14.3 Å². The van der Waals surface area contributed by atoms with Gasteiger partial charge in [0.2, 0.25) is 0 Å². The number of esters is 1. The molecule has 0 aliphatic carbocycles. The van der Waals surface area contributed by atoms with Crippen molar-refractivity contribution in [2.24, 2.45) is 0 Å². The normalized spacial score (nSPS) is 8.83. The van der Waals surface area contributed by atoms with E-state index < -0.39 is 13.1 Å². The van der Waals surface area contributed by atoms with Gasteiger partial charge < -0.3 is 35.0 Å². The molecule has 0 atom stereocenters. The first-order valence-corrected chi connectivity index (χ1v) is 14.0. The van der Waals surface area contributed by atoms with Crippen LogP contribution in [0.5, 0.6) is 11.5 Å². The summed E-state index contributed by atoms with van der Waals surface area (Å²) in [7, 11) is 0.252. The van der Waals surface area contributed by atoms with Gasteiger partial charge in [-0.1, -0.05) is 19.6 Å². The summed E-state index contributed by atoms with van der Waals surface area (Å²) in [5.74, 6) is 0.594. The zero-order valence-corrected chi connectivity index (χ0v) is 35.1. The van der Waals surface area contributed by atoms with Gasteiger partial charge in [0, 0.05) is 60.7 Å². The Labute approximate surface area is 392 Å². The summed E-state index contributed by atoms with van der Waals surface area (Å²) >= 11 is 5.71. The van der Waals surface area contributed by atoms with Gasteiger partial charge in [-0.05, 0) is 36.8 Å². The van der Waals surface area contributed by atoms with Crippen molar-refractivity contribution in [1.29, 1.82) is 0 Å². The summed E-state index contributed by atoms with van der Waals surface area (Å²) in [6.07, 6.45) is 17.7. The molecule has 268 valence electrons. The van der Waals surface area contributed by atoms with Crippen LogP contribution in [-0.2, 0) is 36.5 Å². The second-order valence-electron chi connectivity index (χ2n) is 8.61. The Morgan fingerprint density at radius 3 is 1.98 bits per heavy atom. The van der Waals surface area contributed by atoms with Gasteiger partial charge in [-0.25, -0.2) is 14.8 Å². The molecule has 0 aliphatic rings. The van der Waals surface area contributed by atoms with Gasteiger partial charge in [0.05, 0.1) is 33.9 Å². The average Bonchev–Trinajstić information content (AvgIpc) is 3.83. The summed E-state index contributed by atoms with van der Waals surface area (Å²) in [6.45, 7) is 2.32. The molecular weight excluding hydrogens is 757 g/mol. The molecule has 0 saturated carbocycles. The minimum Gasteiger partial charge on any atom is -1.00 e. The van der Waals surface area contributed by atoms with E-state index in [4.69, 9.17) is 42.5 Å². The molecule has 0 amide bonds. The van der Waals surface area contributed by atoms with Crippen molar-refractivity contribution in [3.8, 4) is 11.5 Å². The molecule has 0 unspecified atom stereocenters. The Morgan fingerprint density at radius 2 is 1.50 bits per heavy atom. The summed E-state index contributed by atoms with van der Waals surface area (Å²) in [5, 5.41) is 17.5. The summed E-state index contributed by atoms with van der Waals surface area (Å²) in [4.78, 5) is 54.5. The van der Waals surface area contributed by atoms with Gasteiger partial charge in [-0.2, -0.15) is 9.59 Å². The first-order valence-electron chi connectivity index (χ1n) is 14.2. The molecule has 0 bridgehead atoms. The Hall–Kier alpha value is -2.95. The van der Waals surface area contributed by atoms with E-state index in [1.165, 1.54) is 25.6 Å². The SMILES string of the molecule is C.COC(=O)c1ccncc1O.Cc1ccncc1OCc1cccn2ccnc12.ClCc1cccn2ccnc12.O=C=O.O=CO[O-].[2H]CF.[H-].[K+].[K+]. The molecule has 0 spiro atoms. The molecular formula is C33H36ClFK2N6O9. The molecule has 6 aromatic heterocycles. The van der Waals surface area contributed by atoms with Crippen LogP contribution in [0.15, 0.2) is 98.4 Å². The molecule has 0 fully saturated rings. The van der Waals surface area contributed by atoms with E-state index in [0.717, 1.165) is 33.7 Å². The van der Waals surface area contributed by atoms with E-state index in [1.807, 2.05) is 70.8 Å². The molecule has 52 heavy (non-hydrogen) atoms. The van der Waals surface area contributed by atoms with Crippen molar-refractivity contribution in [3.63, 3.8) is 0 Å². The summed E-state index contributed by atoms with van der Waals surface area (Å²) in [6, 6.07) is 11.3. The van der Waals surface area contributed by atoms with E-state index in [-0.39, 0.29) is 136 Å². The van der Waals surface area contributed by atoms with Gasteiger partial charge in [-0.15, -0.1) is 11.6 Å². The molecule has 0 aliphatic heterocycles. The third-order valence-corrected chi connectivity index (χ3v) is 6.05. The summed E-state index contributed by atoms with van der Waals surface area (Å²) in [5.41, 5.74) is 5.22. The van der Waals surface area contributed by atoms with E-state index in [2.05, 4.69) is 29.6 Å². The second-order valence-corrected chi connectivity index (χ2v) is 8.87. The average molecular weight is 794 g/mol. The van der Waals surface area contributed by atoms with E-state index in [1.54, 1.807) is 24.8 Å². The topological polar surface area (TPSA) is 200 Å². The van der Waals surface area contributed by atoms with Gasteiger partial charge in [-0.3, -0.25) is 19.2 Å². The third kappa shape index (κ3) is 18.7. The minimum atomic E-state index is -1.00. The maximum atomic E-state index is 10.8. The number of aromatic nitrogens is 6. The predicted octanol–water partition coefficient (Wildman–Crippen LogP) is -1.54. The number of methoxy groups -OCH3 is 1. The van der Waals surface area contributed by atoms with Crippen LogP contribution in [0, 0.1) is 6.92 Å². The standard InChI is InChI=1S/C14H13N3O.C8H7ClN2.C7H7NO3.CH3F.CH2O3.CO2.CH4.2K.H/c1-11-4-5-15-9-13(11)18-10-12-3-2-7-17-8-6-16-14(12)17;9-6-7-2-1-4-11-5-3-10-8(7)11;1-11-7(10)5-2-3-8-4-6(5)9;1-2;2-1-4-3;2-1-3;;;;/h2-9H,10H2,1H3;1-5H,6H2;2-4,9H,1H3;1H3;1,3H;;1H4;;;/q;;;;;;;2*+1;-1/p-1/i;;;1D;;;;;;. The number of rotatable bonds is 6. The van der Waals surface area contributed by atoms with Gasteiger partial charge in [0.15, 0.2) is 0 Å². The maximum Gasteiger partial charge on any atom is 1.00 e. The number of fused-ring (bicyclic) bond motifs is 2. The van der Waals surface area contributed by atoms with Gasteiger partial charge in [0.25, 0.3) is 6.47 Å². The molecule has 6 rings (SSSR count). The number of aryl methyl sites for hydroxylation is 1. The number of carbonyl (C=O) groups is 2. The van der Waals surface area contributed by atoms with Crippen LogP contribution in [0.4, 0.5) is 4.39 Å². The van der Waals surface area contributed by atoms with Crippen LogP contribution < -0.4 is 113 Å². The molecule has 1 N–H and O–H groups in total. The molecule has 0 radical (unpaired) electrons. The molecule has 0 aromatic carbocycles. The van der Waals surface area contributed by atoms with Crippen molar-refractivity contribution in [3.05, 3.63) is 121 Å². The Kier molecular flexibility index (Phi) is 32.2. The first kappa shape index (κ1) is 51.2. The number of imidazole rings is 2. The first-order chi connectivity index (χ1) is 24.3. The number of carbonyl (C=O) groups excluding carboxylic acids is 4. The molecule has 6 heterocycles. The fraction of sp³-hybridized carbons (Fsp3) is 0.182. The van der Waals surface area contributed by atoms with Crippen LogP contribution in [0.25, 0.3) is 11.3 Å². The number of nitrogens with zero attached hydrogens (tertiary/aromatic N) is 6. The van der Waals surface area contributed by atoms with E-state index in [0.29, 0.717) is 12.5 Å². The fourth-order valence-electron chi connectivity index (χ4n) is 3.66. The van der Waals surface area contributed by atoms with Crippen molar-refractivity contribution in [1.82, 2.24) is 28.7 Å². The molecule has 19 heteroatoms. The number of halogens is 2. The maximum absolute atomic E-state index is 10.8. The van der Waals surface area contributed by atoms with Crippen molar-refractivity contribution in [2.45, 2.75) is 26.8 Å². The smallest absolute Gasteiger partial charge is 1.00 e. The Morgan fingerprint density at radius 1 is 1.00 bits per heavy atom. The van der Waals surface area contributed by atoms with Gasteiger partial charge >= 0.3 is 115 Å². The predicted molar refractivity (Wildman–Crippen MR) is 178 cm³/mol. The molecule has 15 nitrogen and oxygen atoms in total. The number of hydrogen-bond acceptors (Lipinski definition) is 13. The quantitative estimate of drug-likeness (QED) is 0.0509. The third-order valence-electron chi connectivity index (χ3n) is 5.76. The van der Waals surface area contributed by atoms with Crippen LogP contribution in [0.3, 0.4) is 0 Å². The zero-order valence-electron chi connectivity index (χ0n) is 30.1. The van der Waals surface area contributed by atoms with Crippen LogP contribution in [0.1, 0.15) is 37.3 Å². The van der Waals surface area contributed by atoms with Crippen molar-refractivity contribution >= 4 is 41.5 Å². The number of pyridine rings is 4. The number of ether oxygens (including phenoxy) is 2. The van der Waals surface area contributed by atoms with Crippen LogP contribution in [-0.4, -0.2) is 66.7 Å². The molecule has 0 saturated heterocycles. The Balaban J connectivity index is -0.000000307. The second kappa shape index (κ2) is 32.7. The fourth-order valence-corrected chi connectivity index (χ4v) is 3.87. The largest absolute Gasteiger partial charge is 1.00 e. The zero-order chi connectivity index (χ0) is 37.1. The number of hydrogen-bond donors (Lipinski definition) is 1. The monoisotopic (exact) mass is 793 g/mol. The summed E-state index contributed by atoms with van der Waals surface area (Å²) < 4.78 is 29.6. The Bertz CT molecular complexity index is 1920. The number of aromatic hydroxyl groups is 1. The van der Waals surface area contributed by atoms with Gasteiger partial charge in [0.1, 0.15) is 35.0 Å². The minimum absolute atomic E-state index is 0.